The number of carbonyl (C=O) groups is 1. The molecule has 82 valence electrons. The van der Waals surface area contributed by atoms with Crippen molar-refractivity contribution in [3.8, 4) is 0 Å². The summed E-state index contributed by atoms with van der Waals surface area (Å²) in [6, 6.07) is 0.415. The molecule has 1 heterocycles. The molecule has 1 saturated heterocycles. The summed E-state index contributed by atoms with van der Waals surface area (Å²) in [5.74, 6) is -0.128. The third-order valence-corrected chi connectivity index (χ3v) is 2.23. The van der Waals surface area contributed by atoms with Crippen LogP contribution in [0.1, 0.15) is 26.2 Å². The highest BCUT2D eigenvalue weighted by Gasteiger charge is 2.13. The van der Waals surface area contributed by atoms with Crippen LogP contribution in [0.4, 0.5) is 0 Å². The molecule has 1 atom stereocenters. The molecule has 0 aromatic carbocycles. The molecule has 1 aliphatic heterocycles. The van der Waals surface area contributed by atoms with E-state index in [1.165, 1.54) is 0 Å². The van der Waals surface area contributed by atoms with E-state index in [1.807, 2.05) is 6.92 Å². The van der Waals surface area contributed by atoms with Crippen LogP contribution in [0.25, 0.3) is 0 Å². The largest absolute Gasteiger partial charge is 0.466 e. The smallest absolute Gasteiger partial charge is 0.307 e. The number of nitrogens with one attached hydrogen (secondary N) is 1. The minimum Gasteiger partial charge on any atom is -0.466 e. The van der Waals surface area contributed by atoms with Crippen LogP contribution in [-0.2, 0) is 14.3 Å². The lowest BCUT2D eigenvalue weighted by Crippen LogP contribution is -2.37. The van der Waals surface area contributed by atoms with Gasteiger partial charge in [0.15, 0.2) is 0 Å². The molecule has 1 fully saturated rings. The van der Waals surface area contributed by atoms with Crippen molar-refractivity contribution >= 4 is 5.97 Å². The van der Waals surface area contributed by atoms with E-state index in [4.69, 9.17) is 9.47 Å². The van der Waals surface area contributed by atoms with Gasteiger partial charge in [-0.05, 0) is 19.8 Å². The molecule has 0 spiro atoms. The molecule has 0 radical (unpaired) electrons. The van der Waals surface area contributed by atoms with Gasteiger partial charge in [-0.25, -0.2) is 0 Å². The molecule has 0 saturated carbocycles. The van der Waals surface area contributed by atoms with E-state index in [-0.39, 0.29) is 5.97 Å². The fraction of sp³-hybridized carbons (Fsp3) is 0.900. The van der Waals surface area contributed by atoms with Gasteiger partial charge in [0.1, 0.15) is 0 Å². The van der Waals surface area contributed by atoms with E-state index in [0.717, 1.165) is 26.1 Å². The minimum absolute atomic E-state index is 0.128. The Morgan fingerprint density at radius 1 is 1.64 bits per heavy atom. The molecule has 14 heavy (non-hydrogen) atoms. The van der Waals surface area contributed by atoms with Crippen molar-refractivity contribution in [2.45, 2.75) is 32.2 Å². The molecule has 0 aromatic heterocycles. The third-order valence-electron chi connectivity index (χ3n) is 2.23. The summed E-state index contributed by atoms with van der Waals surface area (Å²) in [6.07, 6.45) is 2.70. The Balaban J connectivity index is 1.99. The van der Waals surface area contributed by atoms with Gasteiger partial charge in [0, 0.05) is 19.2 Å². The summed E-state index contributed by atoms with van der Waals surface area (Å²) in [4.78, 5) is 11.0. The summed E-state index contributed by atoms with van der Waals surface area (Å²) in [7, 11) is 0. The number of hydrogen-bond acceptors (Lipinski definition) is 4. The van der Waals surface area contributed by atoms with E-state index in [0.29, 0.717) is 25.6 Å². The van der Waals surface area contributed by atoms with Crippen LogP contribution in [0.2, 0.25) is 0 Å². The zero-order valence-corrected chi connectivity index (χ0v) is 8.75. The minimum atomic E-state index is -0.128. The lowest BCUT2D eigenvalue weighted by atomic mass is 10.1. The van der Waals surface area contributed by atoms with Crippen molar-refractivity contribution in [1.82, 2.24) is 5.32 Å². The standard InChI is InChI=1S/C10H19NO3/c1-2-14-10(12)5-6-11-9-4-3-7-13-8-9/h9,11H,2-8H2,1H3. The maximum absolute atomic E-state index is 11.0. The van der Waals surface area contributed by atoms with Gasteiger partial charge < -0.3 is 14.8 Å². The first-order valence-electron chi connectivity index (χ1n) is 5.29. The highest BCUT2D eigenvalue weighted by molar-refractivity contribution is 5.69. The van der Waals surface area contributed by atoms with Crippen molar-refractivity contribution in [2.24, 2.45) is 0 Å². The maximum Gasteiger partial charge on any atom is 0.307 e. The van der Waals surface area contributed by atoms with Crippen molar-refractivity contribution < 1.29 is 14.3 Å². The van der Waals surface area contributed by atoms with Crippen molar-refractivity contribution in [3.63, 3.8) is 0 Å². The highest BCUT2D eigenvalue weighted by atomic mass is 16.5. The van der Waals surface area contributed by atoms with E-state index >= 15 is 0 Å². The quantitative estimate of drug-likeness (QED) is 0.665. The Morgan fingerprint density at radius 3 is 3.14 bits per heavy atom. The molecule has 1 N–H and O–H groups in total. The fourth-order valence-corrected chi connectivity index (χ4v) is 1.51. The number of carbonyl (C=O) groups excluding carboxylic acids is 1. The van der Waals surface area contributed by atoms with Crippen LogP contribution in [0, 0.1) is 0 Å². The second-order valence-corrected chi connectivity index (χ2v) is 3.42. The summed E-state index contributed by atoms with van der Waals surface area (Å²) in [5, 5.41) is 3.29. The van der Waals surface area contributed by atoms with Gasteiger partial charge in [0.25, 0.3) is 0 Å². The van der Waals surface area contributed by atoms with Gasteiger partial charge in [-0.1, -0.05) is 0 Å². The lowest BCUT2D eigenvalue weighted by molar-refractivity contribution is -0.143. The number of hydrogen-bond donors (Lipinski definition) is 1. The molecule has 1 rings (SSSR count). The van der Waals surface area contributed by atoms with Crippen LogP contribution in [0.3, 0.4) is 0 Å². The number of esters is 1. The topological polar surface area (TPSA) is 47.6 Å². The Kier molecular flexibility index (Phi) is 5.56. The predicted octanol–water partition coefficient (Wildman–Crippen LogP) is 0.708. The SMILES string of the molecule is CCOC(=O)CCNC1CCCOC1. The lowest BCUT2D eigenvalue weighted by Gasteiger charge is -2.22. The Labute approximate surface area is 85.0 Å². The Bertz CT molecular complexity index is 167. The molecule has 4 heteroatoms. The van der Waals surface area contributed by atoms with E-state index in [1.54, 1.807) is 0 Å². The molecule has 0 aliphatic carbocycles. The summed E-state index contributed by atoms with van der Waals surface area (Å²) in [5.41, 5.74) is 0. The monoisotopic (exact) mass is 201 g/mol. The van der Waals surface area contributed by atoms with Gasteiger partial charge in [0.05, 0.1) is 19.6 Å². The number of rotatable bonds is 5. The Hall–Kier alpha value is -0.610. The van der Waals surface area contributed by atoms with Crippen LogP contribution in [0.15, 0.2) is 0 Å². The highest BCUT2D eigenvalue weighted by Crippen LogP contribution is 2.05. The zero-order chi connectivity index (χ0) is 10.2. The molecule has 1 aliphatic rings. The van der Waals surface area contributed by atoms with Crippen LogP contribution >= 0.6 is 0 Å². The van der Waals surface area contributed by atoms with Crippen LogP contribution in [-0.4, -0.2) is 38.4 Å². The second kappa shape index (κ2) is 6.79. The average Bonchev–Trinajstić information content (AvgIpc) is 2.20. The normalized spacial score (nSPS) is 21.9. The second-order valence-electron chi connectivity index (χ2n) is 3.42. The Morgan fingerprint density at radius 2 is 2.50 bits per heavy atom. The molecule has 0 amide bonds. The molecule has 4 nitrogen and oxygen atoms in total. The summed E-state index contributed by atoms with van der Waals surface area (Å²) >= 11 is 0. The number of ether oxygens (including phenoxy) is 2. The van der Waals surface area contributed by atoms with Gasteiger partial charge in [-0.3, -0.25) is 4.79 Å². The van der Waals surface area contributed by atoms with Crippen molar-refractivity contribution in [2.75, 3.05) is 26.4 Å². The first-order valence-corrected chi connectivity index (χ1v) is 5.29. The maximum atomic E-state index is 11.0. The van der Waals surface area contributed by atoms with Gasteiger partial charge in [-0.2, -0.15) is 0 Å². The van der Waals surface area contributed by atoms with Gasteiger partial charge >= 0.3 is 5.97 Å². The first kappa shape index (κ1) is 11.5. The molecule has 0 bridgehead atoms. The van der Waals surface area contributed by atoms with Crippen LogP contribution < -0.4 is 5.32 Å². The average molecular weight is 201 g/mol. The summed E-state index contributed by atoms with van der Waals surface area (Å²) in [6.45, 7) is 4.61. The fourth-order valence-electron chi connectivity index (χ4n) is 1.51. The van der Waals surface area contributed by atoms with E-state index < -0.39 is 0 Å². The van der Waals surface area contributed by atoms with Crippen molar-refractivity contribution in [3.05, 3.63) is 0 Å². The zero-order valence-electron chi connectivity index (χ0n) is 8.75. The summed E-state index contributed by atoms with van der Waals surface area (Å²) < 4.78 is 10.1. The predicted molar refractivity (Wildman–Crippen MR) is 53.1 cm³/mol. The van der Waals surface area contributed by atoms with Crippen molar-refractivity contribution in [1.29, 1.82) is 0 Å². The first-order chi connectivity index (χ1) is 6.83. The van der Waals surface area contributed by atoms with Gasteiger partial charge in [0.2, 0.25) is 0 Å². The van der Waals surface area contributed by atoms with E-state index in [2.05, 4.69) is 5.32 Å². The molecular formula is C10H19NO3. The molecule has 0 aromatic rings. The van der Waals surface area contributed by atoms with Gasteiger partial charge in [-0.15, -0.1) is 0 Å². The van der Waals surface area contributed by atoms with Crippen LogP contribution in [0.5, 0.6) is 0 Å². The molecular weight excluding hydrogens is 182 g/mol. The van der Waals surface area contributed by atoms with E-state index in [9.17, 15) is 4.79 Å². The third kappa shape index (κ3) is 4.58. The molecule has 1 unspecified atom stereocenters.